The van der Waals surface area contributed by atoms with Crippen molar-refractivity contribution in [2.24, 2.45) is 5.10 Å². The molecule has 1 heterocycles. The Morgan fingerprint density at radius 2 is 2.00 bits per heavy atom. The molecule has 6 heteroatoms. The van der Waals surface area contributed by atoms with Gasteiger partial charge in [-0.05, 0) is 29.8 Å². The quantitative estimate of drug-likeness (QED) is 0.793. The molecular formula is C18H16Cl2N2O2. The van der Waals surface area contributed by atoms with Gasteiger partial charge in [-0.15, -0.1) is 0 Å². The van der Waals surface area contributed by atoms with E-state index in [9.17, 15) is 4.79 Å². The van der Waals surface area contributed by atoms with Gasteiger partial charge in [0.15, 0.2) is 0 Å². The van der Waals surface area contributed by atoms with Crippen LogP contribution in [0.5, 0.6) is 5.75 Å². The van der Waals surface area contributed by atoms with Gasteiger partial charge in [-0.3, -0.25) is 4.79 Å². The first-order valence-corrected chi connectivity index (χ1v) is 8.22. The summed E-state index contributed by atoms with van der Waals surface area (Å²) in [5.41, 5.74) is 2.67. The van der Waals surface area contributed by atoms with Crippen molar-refractivity contribution in [1.29, 1.82) is 0 Å². The van der Waals surface area contributed by atoms with Crippen LogP contribution in [0.15, 0.2) is 47.6 Å². The van der Waals surface area contributed by atoms with E-state index in [1.807, 2.05) is 30.3 Å². The summed E-state index contributed by atoms with van der Waals surface area (Å²) in [5, 5.41) is 6.96. The molecule has 2 aromatic rings. The molecule has 124 valence electrons. The first kappa shape index (κ1) is 16.8. The Kier molecular flexibility index (Phi) is 4.78. The average Bonchev–Trinajstić information content (AvgIpc) is 3.03. The summed E-state index contributed by atoms with van der Waals surface area (Å²) in [7, 11) is 1.62. The first-order chi connectivity index (χ1) is 11.5. The van der Waals surface area contributed by atoms with Crippen LogP contribution in [0, 0.1) is 0 Å². The van der Waals surface area contributed by atoms with Crippen LogP contribution in [0.4, 0.5) is 0 Å². The monoisotopic (exact) mass is 362 g/mol. The molecule has 0 bridgehead atoms. The molecular weight excluding hydrogens is 347 g/mol. The predicted molar refractivity (Wildman–Crippen MR) is 95.9 cm³/mol. The normalized spacial score (nSPS) is 16.9. The lowest BCUT2D eigenvalue weighted by molar-refractivity contribution is -0.130. The van der Waals surface area contributed by atoms with Crippen LogP contribution < -0.4 is 4.74 Å². The van der Waals surface area contributed by atoms with Gasteiger partial charge in [-0.2, -0.15) is 5.10 Å². The van der Waals surface area contributed by atoms with E-state index >= 15 is 0 Å². The zero-order valence-corrected chi connectivity index (χ0v) is 14.8. The molecule has 0 saturated carbocycles. The van der Waals surface area contributed by atoms with E-state index in [2.05, 4.69) is 5.10 Å². The van der Waals surface area contributed by atoms with Crippen LogP contribution in [0.3, 0.4) is 0 Å². The number of methoxy groups -OCH3 is 1. The van der Waals surface area contributed by atoms with Crippen LogP contribution in [0.25, 0.3) is 0 Å². The highest BCUT2D eigenvalue weighted by Crippen LogP contribution is 2.35. The van der Waals surface area contributed by atoms with Gasteiger partial charge in [0.05, 0.1) is 28.9 Å². The van der Waals surface area contributed by atoms with E-state index in [4.69, 9.17) is 27.9 Å². The Hall–Kier alpha value is -2.04. The van der Waals surface area contributed by atoms with Gasteiger partial charge in [-0.1, -0.05) is 41.4 Å². The standard InChI is InChI=1S/C18H16Cl2N2O2/c1-11(23)22-18(13-6-7-15(19)16(20)9-13)10-17(21-22)12-4-3-5-14(8-12)24-2/h3-9,18H,10H2,1-2H3/t18-/m1/s1. The number of rotatable bonds is 3. The number of hydrazone groups is 1. The Morgan fingerprint density at radius 1 is 1.21 bits per heavy atom. The zero-order chi connectivity index (χ0) is 17.3. The molecule has 0 aromatic heterocycles. The molecule has 0 N–H and O–H groups in total. The summed E-state index contributed by atoms with van der Waals surface area (Å²) in [4.78, 5) is 12.0. The maximum Gasteiger partial charge on any atom is 0.240 e. The van der Waals surface area contributed by atoms with Crippen molar-refractivity contribution >= 4 is 34.8 Å². The second kappa shape index (κ2) is 6.83. The molecule has 1 amide bonds. The minimum atomic E-state index is -0.196. The fraction of sp³-hybridized carbons (Fsp3) is 0.222. The molecule has 1 aliphatic rings. The number of carbonyl (C=O) groups is 1. The van der Waals surface area contributed by atoms with E-state index < -0.39 is 0 Å². The lowest BCUT2D eigenvalue weighted by Gasteiger charge is -2.20. The predicted octanol–water partition coefficient (Wildman–Crippen LogP) is 4.70. The maximum absolute atomic E-state index is 12.0. The van der Waals surface area contributed by atoms with Crippen LogP contribution in [0.2, 0.25) is 10.0 Å². The SMILES string of the molecule is COc1cccc(C2=NN(C(C)=O)[C@@H](c3ccc(Cl)c(Cl)c3)C2)c1. The third-order valence-electron chi connectivity index (χ3n) is 3.96. The molecule has 0 unspecified atom stereocenters. The molecule has 0 radical (unpaired) electrons. The summed E-state index contributed by atoms with van der Waals surface area (Å²) < 4.78 is 5.26. The molecule has 1 atom stereocenters. The first-order valence-electron chi connectivity index (χ1n) is 7.46. The smallest absolute Gasteiger partial charge is 0.240 e. The zero-order valence-electron chi connectivity index (χ0n) is 13.3. The Morgan fingerprint density at radius 3 is 2.67 bits per heavy atom. The lowest BCUT2D eigenvalue weighted by Crippen LogP contribution is -2.24. The number of amides is 1. The van der Waals surface area contributed by atoms with Gasteiger partial charge >= 0.3 is 0 Å². The highest BCUT2D eigenvalue weighted by molar-refractivity contribution is 6.42. The summed E-state index contributed by atoms with van der Waals surface area (Å²) in [5.74, 6) is 0.631. The summed E-state index contributed by atoms with van der Waals surface area (Å²) in [6.07, 6.45) is 0.602. The molecule has 4 nitrogen and oxygen atoms in total. The van der Waals surface area contributed by atoms with E-state index in [1.165, 1.54) is 11.9 Å². The van der Waals surface area contributed by atoms with E-state index in [0.29, 0.717) is 16.5 Å². The highest BCUT2D eigenvalue weighted by Gasteiger charge is 2.31. The number of halogens is 2. The van der Waals surface area contributed by atoms with Gasteiger partial charge in [0, 0.05) is 18.9 Å². The fourth-order valence-electron chi connectivity index (χ4n) is 2.76. The molecule has 0 spiro atoms. The maximum atomic E-state index is 12.0. The van der Waals surface area contributed by atoms with Crippen molar-refractivity contribution in [3.8, 4) is 5.75 Å². The van der Waals surface area contributed by atoms with Gasteiger partial charge in [0.1, 0.15) is 5.75 Å². The minimum absolute atomic E-state index is 0.121. The second-order valence-corrected chi connectivity index (χ2v) is 6.35. The Bertz CT molecular complexity index is 820. The fourth-order valence-corrected chi connectivity index (χ4v) is 3.06. The van der Waals surface area contributed by atoms with Crippen molar-refractivity contribution < 1.29 is 9.53 Å². The van der Waals surface area contributed by atoms with Crippen molar-refractivity contribution in [3.05, 3.63) is 63.6 Å². The number of benzene rings is 2. The summed E-state index contributed by atoms with van der Waals surface area (Å²) in [6.45, 7) is 1.50. The molecule has 0 fully saturated rings. The number of carbonyl (C=O) groups excluding carboxylic acids is 1. The molecule has 3 rings (SSSR count). The van der Waals surface area contributed by atoms with Gasteiger partial charge < -0.3 is 4.74 Å². The number of hydrogen-bond donors (Lipinski definition) is 0. The van der Waals surface area contributed by atoms with E-state index in [-0.39, 0.29) is 11.9 Å². The minimum Gasteiger partial charge on any atom is -0.497 e. The van der Waals surface area contributed by atoms with Crippen molar-refractivity contribution in [1.82, 2.24) is 5.01 Å². The van der Waals surface area contributed by atoms with Gasteiger partial charge in [0.2, 0.25) is 5.91 Å². The van der Waals surface area contributed by atoms with Crippen LogP contribution in [-0.2, 0) is 4.79 Å². The van der Waals surface area contributed by atoms with Gasteiger partial charge in [-0.25, -0.2) is 5.01 Å². The Labute approximate surface area is 150 Å². The summed E-state index contributed by atoms with van der Waals surface area (Å²) in [6, 6.07) is 12.8. The summed E-state index contributed by atoms with van der Waals surface area (Å²) >= 11 is 12.1. The van der Waals surface area contributed by atoms with Crippen LogP contribution in [0.1, 0.15) is 30.5 Å². The lowest BCUT2D eigenvalue weighted by atomic mass is 9.98. The van der Waals surface area contributed by atoms with Crippen molar-refractivity contribution in [2.45, 2.75) is 19.4 Å². The Balaban J connectivity index is 1.95. The number of nitrogens with zero attached hydrogens (tertiary/aromatic N) is 2. The van der Waals surface area contributed by atoms with Crippen molar-refractivity contribution in [2.75, 3.05) is 7.11 Å². The van der Waals surface area contributed by atoms with E-state index in [0.717, 1.165) is 22.6 Å². The second-order valence-electron chi connectivity index (χ2n) is 5.54. The third-order valence-corrected chi connectivity index (χ3v) is 4.70. The molecule has 0 aliphatic carbocycles. The topological polar surface area (TPSA) is 41.9 Å². The van der Waals surface area contributed by atoms with Crippen LogP contribution >= 0.6 is 23.2 Å². The third kappa shape index (κ3) is 3.25. The van der Waals surface area contributed by atoms with Crippen LogP contribution in [-0.4, -0.2) is 23.7 Å². The number of ether oxygens (including phenoxy) is 1. The highest BCUT2D eigenvalue weighted by atomic mass is 35.5. The molecule has 0 saturated heterocycles. The van der Waals surface area contributed by atoms with Gasteiger partial charge in [0.25, 0.3) is 0 Å². The molecule has 2 aromatic carbocycles. The molecule has 1 aliphatic heterocycles. The molecule has 24 heavy (non-hydrogen) atoms. The average molecular weight is 363 g/mol. The van der Waals surface area contributed by atoms with E-state index in [1.54, 1.807) is 19.2 Å². The number of hydrogen-bond acceptors (Lipinski definition) is 3. The van der Waals surface area contributed by atoms with Crippen molar-refractivity contribution in [3.63, 3.8) is 0 Å². The largest absolute Gasteiger partial charge is 0.497 e.